The molecule has 4 aliphatic rings. The number of carboxylic acid groups (broad SMARTS) is 1. The molecule has 2 saturated carbocycles. The number of halogens is 2. The smallest absolute Gasteiger partial charge is 0.405 e. The van der Waals surface area contributed by atoms with E-state index in [2.05, 4.69) is 15.6 Å². The number of aromatic nitrogens is 1. The molecule has 3 heterocycles. The summed E-state index contributed by atoms with van der Waals surface area (Å²) in [4.78, 5) is 59.7. The topological polar surface area (TPSA) is 193 Å². The number of carbonyl (C=O) groups is 4. The maximum atomic E-state index is 14.7. The van der Waals surface area contributed by atoms with Gasteiger partial charge in [-0.2, -0.15) is 0 Å². The lowest BCUT2D eigenvalue weighted by atomic mass is 9.88. The van der Waals surface area contributed by atoms with Gasteiger partial charge in [-0.05, 0) is 49.7 Å². The van der Waals surface area contributed by atoms with Crippen LogP contribution in [-0.4, -0.2) is 89.6 Å². The molecule has 2 aliphatic heterocycles. The van der Waals surface area contributed by atoms with Gasteiger partial charge in [0.05, 0.1) is 24.9 Å². The third-order valence-electron chi connectivity index (χ3n) is 10.3. The van der Waals surface area contributed by atoms with Crippen LogP contribution in [0.5, 0.6) is 11.6 Å². The lowest BCUT2D eigenvalue weighted by Gasteiger charge is -2.32. The Kier molecular flexibility index (Phi) is 9.87. The third-order valence-corrected chi connectivity index (χ3v) is 12.5. The highest BCUT2D eigenvalue weighted by molar-refractivity contribution is 7.91. The van der Waals surface area contributed by atoms with Crippen molar-refractivity contribution in [2.75, 3.05) is 13.7 Å². The number of methoxy groups -OCH3 is 1. The SMILES string of the molecule is COc1cnc(O[C@@H]2C[C@H]3C(=O)N[C@]4(C(=O)NS(=O)(=O)C5(F)CC5)C[C@H]4C=CCC[C@@H](C)C[C@@H](C)[C@H](NC(=O)O)C(=O)N3C2)c2cccc(Cl)c12. The monoisotopic (exact) mass is 749 g/mol. The van der Waals surface area contributed by atoms with Gasteiger partial charge in [-0.25, -0.2) is 27.3 Å². The normalized spacial score (nSPS) is 30.6. The lowest BCUT2D eigenvalue weighted by Crippen LogP contribution is -2.59. The minimum atomic E-state index is -4.67. The van der Waals surface area contributed by atoms with Gasteiger partial charge in [0.1, 0.15) is 29.5 Å². The highest BCUT2D eigenvalue weighted by Crippen LogP contribution is 2.48. The number of rotatable bonds is 7. The minimum absolute atomic E-state index is 0.0504. The van der Waals surface area contributed by atoms with Crippen molar-refractivity contribution in [3.05, 3.63) is 41.6 Å². The first kappa shape index (κ1) is 36.6. The molecular weight excluding hydrogens is 709 g/mol. The molecule has 0 spiro atoms. The number of ether oxygens (including phenoxy) is 2. The van der Waals surface area contributed by atoms with Crippen LogP contribution in [0.3, 0.4) is 0 Å². The molecular formula is C34H41ClFN5O9S. The largest absolute Gasteiger partial charge is 0.494 e. The van der Waals surface area contributed by atoms with Crippen molar-refractivity contribution in [2.24, 2.45) is 17.8 Å². The number of nitrogens with one attached hydrogen (secondary N) is 3. The summed E-state index contributed by atoms with van der Waals surface area (Å²) in [5.41, 5.74) is -1.72. The fraction of sp³-hybridized carbons (Fsp3) is 0.559. The fourth-order valence-electron chi connectivity index (χ4n) is 7.23. The predicted octanol–water partition coefficient (Wildman–Crippen LogP) is 3.67. The molecule has 51 heavy (non-hydrogen) atoms. The third kappa shape index (κ3) is 7.16. The molecule has 1 saturated heterocycles. The van der Waals surface area contributed by atoms with E-state index in [0.29, 0.717) is 40.8 Å². The number of sulfonamides is 1. The number of carbonyl (C=O) groups excluding carboxylic acids is 3. The van der Waals surface area contributed by atoms with Gasteiger partial charge in [-0.1, -0.05) is 43.7 Å². The number of hydrogen-bond acceptors (Lipinski definition) is 9. The molecule has 276 valence electrons. The molecule has 6 rings (SSSR count). The van der Waals surface area contributed by atoms with Gasteiger partial charge in [-0.15, -0.1) is 0 Å². The van der Waals surface area contributed by atoms with Crippen molar-refractivity contribution >= 4 is 56.2 Å². The van der Waals surface area contributed by atoms with Crippen molar-refractivity contribution in [3.63, 3.8) is 0 Å². The molecule has 4 amide bonds. The Labute approximate surface area is 299 Å². The zero-order chi connectivity index (χ0) is 36.9. The highest BCUT2D eigenvalue weighted by atomic mass is 35.5. The Hall–Kier alpha value is -4.18. The number of benzene rings is 1. The van der Waals surface area contributed by atoms with E-state index in [-0.39, 0.29) is 44.0 Å². The van der Waals surface area contributed by atoms with Crippen LogP contribution in [0.2, 0.25) is 5.02 Å². The van der Waals surface area contributed by atoms with Gasteiger partial charge in [-0.3, -0.25) is 14.4 Å². The van der Waals surface area contributed by atoms with Crippen LogP contribution in [-0.2, 0) is 24.4 Å². The molecule has 17 heteroatoms. The fourth-order valence-corrected chi connectivity index (χ4v) is 8.75. The first-order valence-electron chi connectivity index (χ1n) is 16.9. The highest BCUT2D eigenvalue weighted by Gasteiger charge is 2.64. The Morgan fingerprint density at radius 2 is 1.94 bits per heavy atom. The van der Waals surface area contributed by atoms with Crippen molar-refractivity contribution < 1.29 is 46.6 Å². The lowest BCUT2D eigenvalue weighted by molar-refractivity contribution is -0.142. The zero-order valence-electron chi connectivity index (χ0n) is 28.4. The number of amides is 4. The van der Waals surface area contributed by atoms with Crippen molar-refractivity contribution in [2.45, 2.75) is 87.5 Å². The first-order valence-corrected chi connectivity index (χ1v) is 18.8. The van der Waals surface area contributed by atoms with Gasteiger partial charge >= 0.3 is 6.09 Å². The molecule has 0 bridgehead atoms. The Morgan fingerprint density at radius 1 is 1.20 bits per heavy atom. The number of allylic oxidation sites excluding steroid dienone is 1. The van der Waals surface area contributed by atoms with E-state index in [9.17, 15) is 37.1 Å². The van der Waals surface area contributed by atoms with Crippen LogP contribution < -0.4 is 24.8 Å². The van der Waals surface area contributed by atoms with E-state index in [1.807, 2.05) is 17.7 Å². The summed E-state index contributed by atoms with van der Waals surface area (Å²) in [5.74, 6) is -2.92. The molecule has 1 aromatic carbocycles. The van der Waals surface area contributed by atoms with Gasteiger partial charge in [0.15, 0.2) is 0 Å². The molecule has 7 atom stereocenters. The maximum Gasteiger partial charge on any atom is 0.405 e. The van der Waals surface area contributed by atoms with Gasteiger partial charge in [0.25, 0.3) is 15.9 Å². The number of hydrogen-bond donors (Lipinski definition) is 4. The van der Waals surface area contributed by atoms with Gasteiger partial charge < -0.3 is 30.1 Å². The van der Waals surface area contributed by atoms with Gasteiger partial charge in [0.2, 0.25) is 22.7 Å². The molecule has 0 radical (unpaired) electrons. The average molecular weight is 750 g/mol. The standard InChI is InChI=1S/C34H41ClFN5O9S/c1-18-7-4-5-8-20-15-34(20,31(44)40-51(47,48)33(36)11-12-33)39-28(42)24-14-21(17-41(24)30(43)27(19(2)13-18)38-32(45)46)50-29-22-9-6-10-23(35)26(22)25(49-3)16-37-29/h5-6,8-10,16,18-21,24,27,38H,4,7,11-15,17H2,1-3H3,(H,39,42)(H,40,44)(H,45,46)/t18-,19-,20-,21-,24+,27+,34-/m1/s1. The van der Waals surface area contributed by atoms with Crippen LogP contribution >= 0.6 is 11.6 Å². The van der Waals surface area contributed by atoms with E-state index in [1.165, 1.54) is 18.2 Å². The molecule has 2 aromatic rings. The predicted molar refractivity (Wildman–Crippen MR) is 183 cm³/mol. The van der Waals surface area contributed by atoms with E-state index in [1.54, 1.807) is 31.2 Å². The van der Waals surface area contributed by atoms with E-state index in [0.717, 1.165) is 0 Å². The molecule has 4 N–H and O–H groups in total. The summed E-state index contributed by atoms with van der Waals surface area (Å²) in [7, 11) is -3.20. The van der Waals surface area contributed by atoms with Crippen LogP contribution in [0.25, 0.3) is 10.8 Å². The molecule has 14 nitrogen and oxygen atoms in total. The quantitative estimate of drug-likeness (QED) is 0.304. The van der Waals surface area contributed by atoms with E-state index >= 15 is 0 Å². The Morgan fingerprint density at radius 3 is 2.63 bits per heavy atom. The summed E-state index contributed by atoms with van der Waals surface area (Å²) < 4.78 is 53.7. The van der Waals surface area contributed by atoms with E-state index < -0.39 is 74.4 Å². The Balaban J connectivity index is 1.35. The van der Waals surface area contributed by atoms with Crippen LogP contribution in [0, 0.1) is 17.8 Å². The van der Waals surface area contributed by atoms with Crippen LogP contribution in [0.15, 0.2) is 36.5 Å². The van der Waals surface area contributed by atoms with Crippen LogP contribution in [0.4, 0.5) is 9.18 Å². The molecule has 3 fully saturated rings. The van der Waals surface area contributed by atoms with Gasteiger partial charge in [0, 0.05) is 36.0 Å². The number of nitrogens with zero attached hydrogens (tertiary/aromatic N) is 2. The molecule has 2 aliphatic carbocycles. The Bertz CT molecular complexity index is 1890. The second-order valence-corrected chi connectivity index (χ2v) is 16.5. The van der Waals surface area contributed by atoms with E-state index in [4.69, 9.17) is 21.1 Å². The van der Waals surface area contributed by atoms with Crippen LogP contribution in [0.1, 0.15) is 58.8 Å². The number of alkyl halides is 1. The number of pyridine rings is 1. The summed E-state index contributed by atoms with van der Waals surface area (Å²) >= 11 is 6.48. The van der Waals surface area contributed by atoms with Crippen molar-refractivity contribution in [1.29, 1.82) is 0 Å². The number of fused-ring (bicyclic) bond motifs is 3. The summed E-state index contributed by atoms with van der Waals surface area (Å²) in [6.45, 7) is 3.61. The summed E-state index contributed by atoms with van der Waals surface area (Å²) in [5, 5.41) is 13.7. The molecule has 0 unspecified atom stereocenters. The average Bonchev–Trinajstić information content (AvgIpc) is 3.95. The molecule has 1 aromatic heterocycles. The second-order valence-electron chi connectivity index (χ2n) is 14.1. The van der Waals surface area contributed by atoms with Crippen molar-refractivity contribution in [1.82, 2.24) is 25.2 Å². The minimum Gasteiger partial charge on any atom is -0.494 e. The summed E-state index contributed by atoms with van der Waals surface area (Å²) in [6.07, 6.45) is 4.03. The first-order chi connectivity index (χ1) is 24.1. The second kappa shape index (κ2) is 13.7. The maximum absolute atomic E-state index is 14.7. The zero-order valence-corrected chi connectivity index (χ0v) is 29.9. The van der Waals surface area contributed by atoms with Crippen molar-refractivity contribution in [3.8, 4) is 11.6 Å². The summed E-state index contributed by atoms with van der Waals surface area (Å²) in [6, 6.07) is 2.64.